The van der Waals surface area contributed by atoms with Crippen molar-refractivity contribution in [1.29, 1.82) is 0 Å². The third-order valence-corrected chi connectivity index (χ3v) is 3.73. The molecule has 2 rings (SSSR count). The van der Waals surface area contributed by atoms with E-state index in [1.165, 1.54) is 7.11 Å². The van der Waals surface area contributed by atoms with Gasteiger partial charge in [-0.2, -0.15) is 0 Å². The van der Waals surface area contributed by atoms with Crippen LogP contribution in [0.2, 0.25) is 0 Å². The van der Waals surface area contributed by atoms with Crippen LogP contribution in [0.3, 0.4) is 0 Å². The molecule has 114 valence electrons. The Morgan fingerprint density at radius 3 is 2.33 bits per heavy atom. The van der Waals surface area contributed by atoms with Crippen LogP contribution < -0.4 is 4.74 Å². The van der Waals surface area contributed by atoms with Gasteiger partial charge in [-0.25, -0.2) is 0 Å². The minimum atomic E-state index is -0.178. The number of amides is 1. The maximum atomic E-state index is 12.4. The summed E-state index contributed by atoms with van der Waals surface area (Å²) in [4.78, 5) is 25.6. The molecule has 0 atom stereocenters. The molecule has 1 aliphatic rings. The van der Waals surface area contributed by atoms with E-state index in [1.807, 2.05) is 6.92 Å². The second-order valence-electron chi connectivity index (χ2n) is 5.05. The fourth-order valence-electron chi connectivity index (χ4n) is 2.53. The van der Waals surface area contributed by atoms with Crippen molar-refractivity contribution in [2.45, 2.75) is 19.8 Å². The molecule has 0 bridgehead atoms. The van der Waals surface area contributed by atoms with Crippen molar-refractivity contribution < 1.29 is 19.1 Å². The lowest BCUT2D eigenvalue weighted by molar-refractivity contribution is -0.146. The molecule has 0 spiro atoms. The molecule has 1 aliphatic heterocycles. The van der Waals surface area contributed by atoms with Crippen molar-refractivity contribution in [3.8, 4) is 5.75 Å². The summed E-state index contributed by atoms with van der Waals surface area (Å²) in [5, 5.41) is 0. The van der Waals surface area contributed by atoms with Crippen molar-refractivity contribution in [1.82, 2.24) is 4.90 Å². The minimum absolute atomic E-state index is 0.00126. The van der Waals surface area contributed by atoms with Gasteiger partial charge in [-0.05, 0) is 44.0 Å². The molecule has 0 N–H and O–H groups in total. The van der Waals surface area contributed by atoms with Crippen LogP contribution in [0.25, 0.3) is 0 Å². The van der Waals surface area contributed by atoms with E-state index >= 15 is 0 Å². The molecule has 1 amide bonds. The number of likely N-dealkylation sites (tertiary alicyclic amines) is 1. The van der Waals surface area contributed by atoms with Crippen molar-refractivity contribution in [2.24, 2.45) is 5.92 Å². The van der Waals surface area contributed by atoms with Crippen LogP contribution in [0.5, 0.6) is 5.75 Å². The Balaban J connectivity index is 1.93. The number of carbonyl (C=O) groups excluding carboxylic acids is 2. The lowest BCUT2D eigenvalue weighted by Gasteiger charge is -2.30. The number of nitrogens with zero attached hydrogens (tertiary/aromatic N) is 1. The molecule has 0 aliphatic carbocycles. The molecular formula is C16H21NO4. The predicted molar refractivity (Wildman–Crippen MR) is 78.3 cm³/mol. The Morgan fingerprint density at radius 2 is 1.81 bits per heavy atom. The first kappa shape index (κ1) is 15.4. The van der Waals surface area contributed by atoms with Crippen LogP contribution in [0.4, 0.5) is 0 Å². The first-order valence-corrected chi connectivity index (χ1v) is 7.25. The molecule has 1 heterocycles. The first-order valence-electron chi connectivity index (χ1n) is 7.25. The first-order chi connectivity index (χ1) is 10.2. The molecule has 5 heteroatoms. The zero-order chi connectivity index (χ0) is 15.2. The van der Waals surface area contributed by atoms with Crippen molar-refractivity contribution in [3.05, 3.63) is 29.8 Å². The quantitative estimate of drug-likeness (QED) is 0.797. The Morgan fingerprint density at radius 1 is 1.19 bits per heavy atom. The van der Waals surface area contributed by atoms with Gasteiger partial charge in [-0.15, -0.1) is 0 Å². The summed E-state index contributed by atoms with van der Waals surface area (Å²) < 4.78 is 10.1. The maximum Gasteiger partial charge on any atom is 0.308 e. The molecule has 1 fully saturated rings. The number of hydrogen-bond donors (Lipinski definition) is 0. The fraction of sp³-hybridized carbons (Fsp3) is 0.500. The lowest BCUT2D eigenvalue weighted by atomic mass is 9.96. The summed E-state index contributed by atoms with van der Waals surface area (Å²) >= 11 is 0. The highest BCUT2D eigenvalue weighted by atomic mass is 16.5. The van der Waals surface area contributed by atoms with E-state index in [9.17, 15) is 9.59 Å². The van der Waals surface area contributed by atoms with Gasteiger partial charge in [0.1, 0.15) is 5.75 Å². The number of hydrogen-bond acceptors (Lipinski definition) is 4. The minimum Gasteiger partial charge on any atom is -0.494 e. The summed E-state index contributed by atoms with van der Waals surface area (Å²) in [6, 6.07) is 7.16. The number of benzene rings is 1. The van der Waals surface area contributed by atoms with Crippen LogP contribution in [0.1, 0.15) is 30.1 Å². The number of rotatable bonds is 4. The summed E-state index contributed by atoms with van der Waals surface area (Å²) in [7, 11) is 1.40. The van der Waals surface area contributed by atoms with Crippen molar-refractivity contribution >= 4 is 11.9 Å². The number of esters is 1. The van der Waals surface area contributed by atoms with E-state index in [-0.39, 0.29) is 17.8 Å². The van der Waals surface area contributed by atoms with Crippen LogP contribution >= 0.6 is 0 Å². The average molecular weight is 291 g/mol. The molecule has 5 nitrogen and oxygen atoms in total. The van der Waals surface area contributed by atoms with Gasteiger partial charge in [0.2, 0.25) is 0 Å². The van der Waals surface area contributed by atoms with E-state index in [0.717, 1.165) is 5.75 Å². The van der Waals surface area contributed by atoms with Gasteiger partial charge in [-0.3, -0.25) is 9.59 Å². The van der Waals surface area contributed by atoms with Crippen molar-refractivity contribution in [2.75, 3.05) is 26.8 Å². The largest absolute Gasteiger partial charge is 0.494 e. The fourth-order valence-corrected chi connectivity index (χ4v) is 2.53. The molecule has 1 aromatic rings. The van der Waals surface area contributed by atoms with E-state index in [4.69, 9.17) is 9.47 Å². The van der Waals surface area contributed by atoms with Crippen LogP contribution in [-0.2, 0) is 9.53 Å². The lowest BCUT2D eigenvalue weighted by Crippen LogP contribution is -2.40. The van der Waals surface area contributed by atoms with Gasteiger partial charge in [0.05, 0.1) is 19.6 Å². The highest BCUT2D eigenvalue weighted by Gasteiger charge is 2.28. The Kier molecular flexibility index (Phi) is 5.20. The summed E-state index contributed by atoms with van der Waals surface area (Å²) in [6.45, 7) is 3.70. The summed E-state index contributed by atoms with van der Waals surface area (Å²) in [6.07, 6.45) is 1.32. The van der Waals surface area contributed by atoms with Gasteiger partial charge in [0.25, 0.3) is 5.91 Å². The monoisotopic (exact) mass is 291 g/mol. The molecule has 0 radical (unpaired) electrons. The molecular weight excluding hydrogens is 270 g/mol. The second kappa shape index (κ2) is 7.11. The smallest absolute Gasteiger partial charge is 0.308 e. The number of piperidine rings is 1. The van der Waals surface area contributed by atoms with E-state index < -0.39 is 0 Å². The normalized spacial score (nSPS) is 15.6. The summed E-state index contributed by atoms with van der Waals surface area (Å²) in [5.74, 6) is 0.502. The van der Waals surface area contributed by atoms with Crippen LogP contribution in [-0.4, -0.2) is 43.6 Å². The number of methoxy groups -OCH3 is 1. The Labute approximate surface area is 124 Å². The van der Waals surface area contributed by atoms with E-state index in [2.05, 4.69) is 0 Å². The molecule has 0 saturated carbocycles. The number of carbonyl (C=O) groups is 2. The predicted octanol–water partition coefficient (Wildman–Crippen LogP) is 2.11. The van der Waals surface area contributed by atoms with Gasteiger partial charge in [-0.1, -0.05) is 0 Å². The van der Waals surface area contributed by atoms with E-state index in [1.54, 1.807) is 29.2 Å². The Hall–Kier alpha value is -2.04. The standard InChI is InChI=1S/C16H21NO4/c1-3-21-14-6-4-12(5-7-14)15(18)17-10-8-13(9-11-17)16(19)20-2/h4-7,13H,3,8-11H2,1-2H3. The third-order valence-electron chi connectivity index (χ3n) is 3.73. The van der Waals surface area contributed by atoms with Gasteiger partial charge in [0, 0.05) is 18.7 Å². The molecule has 1 saturated heterocycles. The van der Waals surface area contributed by atoms with Crippen LogP contribution in [0.15, 0.2) is 24.3 Å². The average Bonchev–Trinajstić information content (AvgIpc) is 2.54. The number of ether oxygens (including phenoxy) is 2. The molecule has 0 unspecified atom stereocenters. The SMILES string of the molecule is CCOc1ccc(C(=O)N2CCC(C(=O)OC)CC2)cc1. The molecule has 1 aromatic carbocycles. The topological polar surface area (TPSA) is 55.8 Å². The zero-order valence-electron chi connectivity index (χ0n) is 12.5. The zero-order valence-corrected chi connectivity index (χ0v) is 12.5. The highest BCUT2D eigenvalue weighted by Crippen LogP contribution is 2.21. The summed E-state index contributed by atoms with van der Waals surface area (Å²) in [5.41, 5.74) is 0.648. The molecule has 0 aromatic heterocycles. The van der Waals surface area contributed by atoms with Gasteiger partial charge < -0.3 is 14.4 Å². The van der Waals surface area contributed by atoms with E-state index in [0.29, 0.717) is 38.1 Å². The van der Waals surface area contributed by atoms with Crippen molar-refractivity contribution in [3.63, 3.8) is 0 Å². The molecule has 21 heavy (non-hydrogen) atoms. The Bertz CT molecular complexity index is 490. The third kappa shape index (κ3) is 3.74. The second-order valence-corrected chi connectivity index (χ2v) is 5.05. The van der Waals surface area contributed by atoms with Crippen LogP contribution in [0, 0.1) is 5.92 Å². The highest BCUT2D eigenvalue weighted by molar-refractivity contribution is 5.94. The maximum absolute atomic E-state index is 12.4. The van der Waals surface area contributed by atoms with Gasteiger partial charge in [0.15, 0.2) is 0 Å². The van der Waals surface area contributed by atoms with Gasteiger partial charge >= 0.3 is 5.97 Å².